The molecule has 0 atom stereocenters. The molecule has 0 radical (unpaired) electrons. The van der Waals surface area contributed by atoms with Crippen LogP contribution < -0.4 is 15.1 Å². The zero-order chi connectivity index (χ0) is 23.3. The van der Waals surface area contributed by atoms with Crippen LogP contribution in [0.2, 0.25) is 0 Å². The molecule has 0 unspecified atom stereocenters. The molecule has 0 bridgehead atoms. The topological polar surface area (TPSA) is 92.0 Å². The summed E-state index contributed by atoms with van der Waals surface area (Å²) in [4.78, 5) is 36.4. The number of hydrogen-bond donors (Lipinski definition) is 0. The lowest BCUT2D eigenvalue weighted by Crippen LogP contribution is -2.14. The van der Waals surface area contributed by atoms with Gasteiger partial charge in [0.1, 0.15) is 17.1 Å². The third-order valence-electron chi connectivity index (χ3n) is 4.87. The molecule has 7 heteroatoms. The fraction of sp³-hybridized carbons (Fsp3) is 0.320. The van der Waals surface area contributed by atoms with Crippen molar-refractivity contribution < 1.29 is 28.2 Å². The molecule has 1 heterocycles. The standard InChI is InChI=1S/C25H26O7/c1-15(2)31-24(27)10-7-18-12-20-16(3)11-25(28)32-23(20)13-22(18)30-14-21(26)17-5-8-19(29-4)9-6-17/h5-6,8-9,11-13,15H,7,10,14H2,1-4H3. The van der Waals surface area contributed by atoms with E-state index in [0.717, 1.165) is 16.5 Å². The van der Waals surface area contributed by atoms with Crippen LogP contribution in [0.4, 0.5) is 0 Å². The van der Waals surface area contributed by atoms with Crippen LogP contribution in [0.25, 0.3) is 11.0 Å². The van der Waals surface area contributed by atoms with Crippen LogP contribution in [-0.2, 0) is 16.0 Å². The van der Waals surface area contributed by atoms with E-state index in [9.17, 15) is 14.4 Å². The number of methoxy groups -OCH3 is 1. The first kappa shape index (κ1) is 23.1. The lowest BCUT2D eigenvalue weighted by molar-refractivity contribution is -0.147. The highest BCUT2D eigenvalue weighted by Gasteiger charge is 2.15. The molecule has 3 aromatic rings. The number of fused-ring (bicyclic) bond motifs is 1. The molecule has 168 valence electrons. The van der Waals surface area contributed by atoms with Crippen LogP contribution >= 0.6 is 0 Å². The molecule has 0 aliphatic heterocycles. The van der Waals surface area contributed by atoms with Crippen molar-refractivity contribution >= 4 is 22.7 Å². The maximum Gasteiger partial charge on any atom is 0.336 e. The van der Waals surface area contributed by atoms with Gasteiger partial charge in [-0.3, -0.25) is 9.59 Å². The molecule has 2 aromatic carbocycles. The number of benzene rings is 2. The highest BCUT2D eigenvalue weighted by Crippen LogP contribution is 2.29. The second-order valence-electron chi connectivity index (χ2n) is 7.68. The average molecular weight is 438 g/mol. The van der Waals surface area contributed by atoms with E-state index in [4.69, 9.17) is 18.6 Å². The van der Waals surface area contributed by atoms with E-state index in [1.807, 2.05) is 13.0 Å². The summed E-state index contributed by atoms with van der Waals surface area (Å²) in [6.07, 6.45) is 0.308. The summed E-state index contributed by atoms with van der Waals surface area (Å²) in [5.74, 6) is 0.490. The molecule has 0 saturated heterocycles. The number of Topliss-reactive ketones (excluding diaryl/α,β-unsaturated/α-hetero) is 1. The van der Waals surface area contributed by atoms with Crippen LogP contribution in [0.5, 0.6) is 11.5 Å². The molecule has 0 aliphatic rings. The van der Waals surface area contributed by atoms with E-state index < -0.39 is 5.63 Å². The second-order valence-corrected chi connectivity index (χ2v) is 7.68. The van der Waals surface area contributed by atoms with Crippen molar-refractivity contribution in [2.75, 3.05) is 13.7 Å². The van der Waals surface area contributed by atoms with Crippen LogP contribution in [0.3, 0.4) is 0 Å². The van der Waals surface area contributed by atoms with Crippen LogP contribution in [-0.4, -0.2) is 31.6 Å². The summed E-state index contributed by atoms with van der Waals surface area (Å²) in [5, 5.41) is 0.741. The summed E-state index contributed by atoms with van der Waals surface area (Å²) in [7, 11) is 1.55. The minimum Gasteiger partial charge on any atom is -0.497 e. The Kier molecular flexibility index (Phi) is 7.30. The molecule has 32 heavy (non-hydrogen) atoms. The van der Waals surface area contributed by atoms with Crippen molar-refractivity contribution in [2.45, 2.75) is 39.7 Å². The van der Waals surface area contributed by atoms with E-state index >= 15 is 0 Å². The highest BCUT2D eigenvalue weighted by atomic mass is 16.5. The predicted octanol–water partition coefficient (Wildman–Crippen LogP) is 4.26. The molecule has 0 fully saturated rings. The number of carbonyl (C=O) groups is 2. The predicted molar refractivity (Wildman–Crippen MR) is 120 cm³/mol. The van der Waals surface area contributed by atoms with Gasteiger partial charge in [0.2, 0.25) is 0 Å². The maximum absolute atomic E-state index is 12.6. The summed E-state index contributed by atoms with van der Waals surface area (Å²) in [6, 6.07) is 11.6. The molecule has 7 nitrogen and oxygen atoms in total. The van der Waals surface area contributed by atoms with Gasteiger partial charge >= 0.3 is 11.6 Å². The van der Waals surface area contributed by atoms with Crippen molar-refractivity contribution in [3.8, 4) is 11.5 Å². The first-order chi connectivity index (χ1) is 15.3. The number of carbonyl (C=O) groups excluding carboxylic acids is 2. The SMILES string of the molecule is COc1ccc(C(=O)COc2cc3oc(=O)cc(C)c3cc2CCC(=O)OC(C)C)cc1. The van der Waals surface area contributed by atoms with Crippen LogP contribution in [0, 0.1) is 6.92 Å². The summed E-state index contributed by atoms with van der Waals surface area (Å²) >= 11 is 0. The molecule has 0 spiro atoms. The Balaban J connectivity index is 1.85. The van der Waals surface area contributed by atoms with Gasteiger partial charge in [-0.15, -0.1) is 0 Å². The van der Waals surface area contributed by atoms with Crippen molar-refractivity contribution in [3.05, 3.63) is 69.6 Å². The van der Waals surface area contributed by atoms with Crippen molar-refractivity contribution in [2.24, 2.45) is 0 Å². The number of ketones is 1. The van der Waals surface area contributed by atoms with Gasteiger partial charge in [-0.2, -0.15) is 0 Å². The number of rotatable bonds is 9. The number of esters is 1. The van der Waals surface area contributed by atoms with Gasteiger partial charge in [-0.1, -0.05) is 0 Å². The zero-order valence-corrected chi connectivity index (χ0v) is 18.6. The molecule has 1 aromatic heterocycles. The van der Waals surface area contributed by atoms with Gasteiger partial charge in [-0.05, 0) is 68.7 Å². The van der Waals surface area contributed by atoms with Crippen LogP contribution in [0.15, 0.2) is 51.7 Å². The maximum atomic E-state index is 12.6. The molecule has 0 amide bonds. The van der Waals surface area contributed by atoms with Crippen molar-refractivity contribution in [3.63, 3.8) is 0 Å². The van der Waals surface area contributed by atoms with Crippen molar-refractivity contribution in [1.82, 2.24) is 0 Å². The van der Waals surface area contributed by atoms with Gasteiger partial charge in [0.05, 0.1) is 13.2 Å². The normalized spacial score (nSPS) is 10.9. The number of aryl methyl sites for hydroxylation is 2. The Bertz CT molecular complexity index is 1170. The Morgan fingerprint density at radius 3 is 2.44 bits per heavy atom. The van der Waals surface area contributed by atoms with Gasteiger partial charge in [0.15, 0.2) is 12.4 Å². The van der Waals surface area contributed by atoms with Gasteiger partial charge < -0.3 is 18.6 Å². The van der Waals surface area contributed by atoms with Gasteiger partial charge in [-0.25, -0.2) is 4.79 Å². The highest BCUT2D eigenvalue weighted by molar-refractivity contribution is 5.97. The largest absolute Gasteiger partial charge is 0.497 e. The first-order valence-corrected chi connectivity index (χ1v) is 10.3. The fourth-order valence-electron chi connectivity index (χ4n) is 3.28. The average Bonchev–Trinajstić information content (AvgIpc) is 2.75. The third-order valence-corrected chi connectivity index (χ3v) is 4.87. The van der Waals surface area contributed by atoms with E-state index in [-0.39, 0.29) is 30.9 Å². The first-order valence-electron chi connectivity index (χ1n) is 10.3. The lowest BCUT2D eigenvalue weighted by Gasteiger charge is -2.14. The molecular formula is C25H26O7. The van der Waals surface area contributed by atoms with E-state index in [1.54, 1.807) is 51.3 Å². The fourth-order valence-corrected chi connectivity index (χ4v) is 3.28. The van der Waals surface area contributed by atoms with E-state index in [1.165, 1.54) is 6.07 Å². The smallest absolute Gasteiger partial charge is 0.336 e. The Morgan fingerprint density at radius 1 is 1.06 bits per heavy atom. The third kappa shape index (κ3) is 5.75. The molecular weight excluding hydrogens is 412 g/mol. The minimum atomic E-state index is -0.469. The van der Waals surface area contributed by atoms with E-state index in [0.29, 0.717) is 29.1 Å². The van der Waals surface area contributed by atoms with E-state index in [2.05, 4.69) is 0 Å². The zero-order valence-electron chi connectivity index (χ0n) is 18.6. The Morgan fingerprint density at radius 2 is 1.78 bits per heavy atom. The summed E-state index contributed by atoms with van der Waals surface area (Å²) in [6.45, 7) is 5.18. The Hall–Kier alpha value is -3.61. The monoisotopic (exact) mass is 438 g/mol. The van der Waals surface area contributed by atoms with Gasteiger partial charge in [0.25, 0.3) is 0 Å². The number of hydrogen-bond acceptors (Lipinski definition) is 7. The Labute approximate surface area is 185 Å². The van der Waals surface area contributed by atoms with Crippen molar-refractivity contribution in [1.29, 1.82) is 0 Å². The minimum absolute atomic E-state index is 0.155. The van der Waals surface area contributed by atoms with Crippen LogP contribution in [0.1, 0.15) is 41.8 Å². The lowest BCUT2D eigenvalue weighted by atomic mass is 10.0. The second kappa shape index (κ2) is 10.1. The van der Waals surface area contributed by atoms with Gasteiger partial charge in [0, 0.05) is 29.5 Å². The molecule has 0 N–H and O–H groups in total. The summed E-state index contributed by atoms with van der Waals surface area (Å²) in [5.41, 5.74) is 1.84. The number of ether oxygens (including phenoxy) is 3. The quantitative estimate of drug-likeness (QED) is 0.280. The molecule has 0 saturated carbocycles. The molecule has 3 rings (SSSR count). The summed E-state index contributed by atoms with van der Waals surface area (Å²) < 4.78 is 21.4. The molecule has 0 aliphatic carbocycles.